The lowest BCUT2D eigenvalue weighted by atomic mass is 10.0. The summed E-state index contributed by atoms with van der Waals surface area (Å²) in [6.07, 6.45) is -5.02. The SMILES string of the molecule is CC(C)OC(=O)[C@H](C)NP(=S)(N[C@@H](C)C(=O)OC(C)C)OC[C@@]1(C)O[C@@H](n2ccc(=O)[nH]c2=O)[C@H](O)[C@@H]1F. The van der Waals surface area contributed by atoms with Gasteiger partial charge in [-0.25, -0.2) is 19.4 Å². The summed E-state index contributed by atoms with van der Waals surface area (Å²) in [4.78, 5) is 50.4. The third-order valence-electron chi connectivity index (χ3n) is 5.36. The van der Waals surface area contributed by atoms with Crippen LogP contribution in [0.2, 0.25) is 0 Å². The topological polar surface area (TPSA) is 170 Å². The number of ether oxygens (including phenoxy) is 3. The monoisotopic (exact) mass is 582 g/mol. The molecular weight excluding hydrogens is 546 g/mol. The molecule has 16 heteroatoms. The molecule has 1 aliphatic heterocycles. The highest BCUT2D eigenvalue weighted by molar-refractivity contribution is 8.10. The molecule has 4 N–H and O–H groups in total. The smallest absolute Gasteiger partial charge is 0.330 e. The van der Waals surface area contributed by atoms with E-state index in [1.165, 1.54) is 20.8 Å². The predicted molar refractivity (Wildman–Crippen MR) is 139 cm³/mol. The van der Waals surface area contributed by atoms with Crippen molar-refractivity contribution in [3.63, 3.8) is 0 Å². The van der Waals surface area contributed by atoms with Crippen LogP contribution in [0.4, 0.5) is 4.39 Å². The van der Waals surface area contributed by atoms with Crippen LogP contribution in [0.3, 0.4) is 0 Å². The summed E-state index contributed by atoms with van der Waals surface area (Å²) in [5, 5.41) is 16.2. The summed E-state index contributed by atoms with van der Waals surface area (Å²) in [6, 6.07) is -0.916. The summed E-state index contributed by atoms with van der Waals surface area (Å²) in [7, 11) is 0. The maximum Gasteiger partial charge on any atom is 0.330 e. The lowest BCUT2D eigenvalue weighted by molar-refractivity contribution is -0.149. The van der Waals surface area contributed by atoms with Gasteiger partial charge in [0.25, 0.3) is 5.56 Å². The molecule has 2 rings (SSSR count). The van der Waals surface area contributed by atoms with Gasteiger partial charge in [0.1, 0.15) is 23.8 Å². The number of nitrogens with zero attached hydrogens (tertiary/aromatic N) is 1. The number of esters is 2. The van der Waals surface area contributed by atoms with Crippen LogP contribution in [0, 0.1) is 0 Å². The molecule has 2 heterocycles. The lowest BCUT2D eigenvalue weighted by Crippen LogP contribution is -2.46. The molecule has 1 aliphatic rings. The maximum atomic E-state index is 15.3. The van der Waals surface area contributed by atoms with Crippen LogP contribution >= 0.6 is 6.57 Å². The van der Waals surface area contributed by atoms with Gasteiger partial charge in [-0.2, -0.15) is 0 Å². The number of nitrogens with one attached hydrogen (secondary N) is 3. The Balaban J connectivity index is 2.27. The van der Waals surface area contributed by atoms with Crippen LogP contribution in [0.25, 0.3) is 0 Å². The van der Waals surface area contributed by atoms with Gasteiger partial charge in [0.15, 0.2) is 19.0 Å². The fourth-order valence-electron chi connectivity index (χ4n) is 3.49. The molecular formula is C22H36FN4O9PS. The fraction of sp³-hybridized carbons (Fsp3) is 0.727. The van der Waals surface area contributed by atoms with Crippen LogP contribution in [0.1, 0.15) is 54.7 Å². The quantitative estimate of drug-likeness (QED) is 0.200. The number of hydrogen-bond donors (Lipinski definition) is 4. The predicted octanol–water partition coefficient (Wildman–Crippen LogP) is 0.624. The second-order valence-corrected chi connectivity index (χ2v) is 13.1. The summed E-state index contributed by atoms with van der Waals surface area (Å²) < 4.78 is 38.1. The van der Waals surface area contributed by atoms with Crippen LogP contribution in [-0.4, -0.2) is 75.4 Å². The Morgan fingerprint density at radius 3 is 2.11 bits per heavy atom. The first-order chi connectivity index (χ1) is 17.5. The van der Waals surface area contributed by atoms with Gasteiger partial charge in [-0.1, -0.05) is 0 Å². The highest BCUT2D eigenvalue weighted by atomic mass is 32.4. The van der Waals surface area contributed by atoms with E-state index < -0.39 is 84.8 Å². The van der Waals surface area contributed by atoms with E-state index in [2.05, 4.69) is 10.2 Å². The molecule has 38 heavy (non-hydrogen) atoms. The van der Waals surface area contributed by atoms with Gasteiger partial charge in [-0.3, -0.25) is 23.9 Å². The molecule has 0 aliphatic carbocycles. The Morgan fingerprint density at radius 1 is 1.16 bits per heavy atom. The minimum Gasteiger partial charge on any atom is -0.462 e. The van der Waals surface area contributed by atoms with E-state index in [4.69, 9.17) is 30.5 Å². The average molecular weight is 583 g/mol. The molecule has 0 spiro atoms. The van der Waals surface area contributed by atoms with E-state index in [0.717, 1.165) is 16.8 Å². The number of alkyl halides is 1. The molecule has 0 unspecified atom stereocenters. The number of aromatic amines is 1. The third kappa shape index (κ3) is 8.25. The molecule has 1 saturated heterocycles. The number of aliphatic hydroxyl groups excluding tert-OH is 1. The van der Waals surface area contributed by atoms with Crippen molar-refractivity contribution in [2.75, 3.05) is 6.61 Å². The number of H-pyrrole nitrogens is 1. The largest absolute Gasteiger partial charge is 0.462 e. The molecule has 216 valence electrons. The molecule has 1 aromatic heterocycles. The Labute approximate surface area is 224 Å². The van der Waals surface area contributed by atoms with Crippen LogP contribution in [-0.2, 0) is 40.1 Å². The fourth-order valence-corrected chi connectivity index (χ4v) is 6.49. The highest BCUT2D eigenvalue weighted by Gasteiger charge is 2.54. The third-order valence-corrected chi connectivity index (χ3v) is 8.26. The number of carbonyl (C=O) groups excluding carboxylic acids is 2. The Morgan fingerprint density at radius 2 is 1.66 bits per heavy atom. The number of aliphatic hydroxyl groups is 1. The van der Waals surface area contributed by atoms with Gasteiger partial charge in [0, 0.05) is 12.3 Å². The zero-order chi connectivity index (χ0) is 29.0. The first-order valence-electron chi connectivity index (χ1n) is 12.0. The summed E-state index contributed by atoms with van der Waals surface area (Å²) in [5.74, 6) is -1.26. The number of carbonyl (C=O) groups is 2. The van der Waals surface area contributed by atoms with Crippen LogP contribution in [0.5, 0.6) is 0 Å². The molecule has 0 radical (unpaired) electrons. The number of rotatable bonds is 12. The second kappa shape index (κ2) is 12.9. The lowest BCUT2D eigenvalue weighted by Gasteiger charge is -2.33. The molecule has 13 nitrogen and oxygen atoms in total. The number of halogens is 1. The van der Waals surface area contributed by atoms with Crippen molar-refractivity contribution in [1.82, 2.24) is 19.7 Å². The van der Waals surface area contributed by atoms with Crippen molar-refractivity contribution in [1.29, 1.82) is 0 Å². The first kappa shape index (κ1) is 32.2. The average Bonchev–Trinajstić information content (AvgIpc) is 3.01. The van der Waals surface area contributed by atoms with Gasteiger partial charge < -0.3 is 23.8 Å². The van der Waals surface area contributed by atoms with Gasteiger partial charge in [-0.15, -0.1) is 0 Å². The van der Waals surface area contributed by atoms with Crippen molar-refractivity contribution in [2.24, 2.45) is 0 Å². The molecule has 1 aromatic rings. The van der Waals surface area contributed by atoms with Gasteiger partial charge in [0.2, 0.25) is 0 Å². The first-order valence-corrected chi connectivity index (χ1v) is 14.7. The van der Waals surface area contributed by atoms with E-state index in [9.17, 15) is 24.3 Å². The van der Waals surface area contributed by atoms with E-state index in [1.54, 1.807) is 27.7 Å². The van der Waals surface area contributed by atoms with Crippen molar-refractivity contribution in [3.05, 3.63) is 33.1 Å². The molecule has 0 aromatic carbocycles. The molecule has 1 fully saturated rings. The summed E-state index contributed by atoms with van der Waals surface area (Å²) in [5.41, 5.74) is -3.38. The standard InChI is InChI=1S/C22H36FN4O9PS/c1-11(2)34-19(30)13(5)25-37(38,26-14(6)20(31)35-12(3)4)33-10-22(7)17(23)16(29)18(36-22)27-9-8-15(28)24-21(27)32/h8-9,11-14,16-18,29H,10H2,1-7H3,(H,24,28,32)(H2,25,26,38)/t13-,14-,16+,17-,18+,22+/m0/s1. The Hall–Kier alpha value is -2.00. The maximum absolute atomic E-state index is 15.3. The van der Waals surface area contributed by atoms with Crippen molar-refractivity contribution in [3.8, 4) is 0 Å². The Bertz CT molecular complexity index is 1130. The van der Waals surface area contributed by atoms with Gasteiger partial charge in [0.05, 0.1) is 18.8 Å². The minimum absolute atomic E-state index is 0.397. The van der Waals surface area contributed by atoms with Crippen molar-refractivity contribution in [2.45, 2.75) is 96.9 Å². The summed E-state index contributed by atoms with van der Waals surface area (Å²) in [6.45, 7) is 6.95. The van der Waals surface area contributed by atoms with Crippen molar-refractivity contribution >= 4 is 30.3 Å². The molecule has 0 bridgehead atoms. The zero-order valence-corrected chi connectivity index (χ0v) is 24.0. The zero-order valence-electron chi connectivity index (χ0n) is 22.3. The molecule has 6 atom stereocenters. The second-order valence-electron chi connectivity index (χ2n) is 9.73. The molecule has 0 saturated carbocycles. The van der Waals surface area contributed by atoms with E-state index in [1.807, 2.05) is 4.98 Å². The highest BCUT2D eigenvalue weighted by Crippen LogP contribution is 2.45. The minimum atomic E-state index is -3.49. The number of aromatic nitrogens is 2. The van der Waals surface area contributed by atoms with Crippen molar-refractivity contribution < 1.29 is 37.8 Å². The Kier molecular flexibility index (Phi) is 10.9. The number of hydrogen-bond acceptors (Lipinski definition) is 10. The van der Waals surface area contributed by atoms with E-state index in [-0.39, 0.29) is 0 Å². The van der Waals surface area contributed by atoms with Gasteiger partial charge in [-0.05, 0) is 60.3 Å². The summed E-state index contributed by atoms with van der Waals surface area (Å²) >= 11 is 5.65. The van der Waals surface area contributed by atoms with E-state index >= 15 is 4.39 Å². The van der Waals surface area contributed by atoms with E-state index in [0.29, 0.717) is 0 Å². The van der Waals surface area contributed by atoms with Crippen LogP contribution < -0.4 is 21.4 Å². The normalized spacial score (nSPS) is 25.4. The molecule has 0 amide bonds. The van der Waals surface area contributed by atoms with Crippen LogP contribution in [0.15, 0.2) is 21.9 Å². The van der Waals surface area contributed by atoms with Gasteiger partial charge >= 0.3 is 17.6 Å².